The fourth-order valence-corrected chi connectivity index (χ4v) is 3.20. The van der Waals surface area contributed by atoms with Crippen LogP contribution in [0, 0.1) is 0 Å². The summed E-state index contributed by atoms with van der Waals surface area (Å²) in [6.07, 6.45) is 0. The Hall–Kier alpha value is -3.54. The Morgan fingerprint density at radius 1 is 1.11 bits per heavy atom. The number of nitrogens with one attached hydrogen (secondary N) is 2. The summed E-state index contributed by atoms with van der Waals surface area (Å²) in [5, 5.41) is 7.75. The number of hydrogen-bond acceptors (Lipinski definition) is 4. The van der Waals surface area contributed by atoms with Crippen molar-refractivity contribution >= 4 is 34.0 Å². The van der Waals surface area contributed by atoms with Crippen LogP contribution in [0.1, 0.15) is 18.4 Å². The summed E-state index contributed by atoms with van der Waals surface area (Å²) in [5.41, 5.74) is 2.08. The molecular formula is C22H20N2O4. The second kappa shape index (κ2) is 7.23. The van der Waals surface area contributed by atoms with E-state index in [1.807, 2.05) is 43.3 Å². The Balaban J connectivity index is 1.52. The average molecular weight is 376 g/mol. The van der Waals surface area contributed by atoms with Crippen molar-refractivity contribution in [1.29, 1.82) is 0 Å². The van der Waals surface area contributed by atoms with Crippen molar-refractivity contribution in [2.45, 2.75) is 12.8 Å². The molecule has 0 aliphatic carbocycles. The molecule has 1 aliphatic heterocycles. The van der Waals surface area contributed by atoms with Crippen LogP contribution in [0.4, 0.5) is 11.4 Å². The second-order valence-corrected chi connectivity index (χ2v) is 6.73. The molecule has 1 aliphatic rings. The minimum absolute atomic E-state index is 0.00355. The van der Waals surface area contributed by atoms with E-state index < -0.39 is 0 Å². The molecule has 2 amide bonds. The normalized spacial score (nSPS) is 13.9. The van der Waals surface area contributed by atoms with Crippen LogP contribution in [-0.4, -0.2) is 25.5 Å². The highest BCUT2D eigenvalue weighted by Gasteiger charge is 2.19. The highest BCUT2D eigenvalue weighted by Crippen LogP contribution is 2.31. The zero-order valence-electron chi connectivity index (χ0n) is 15.6. The second-order valence-electron chi connectivity index (χ2n) is 6.73. The van der Waals surface area contributed by atoms with Gasteiger partial charge in [0.1, 0.15) is 11.5 Å². The molecule has 3 aromatic carbocycles. The molecule has 0 radical (unpaired) electrons. The van der Waals surface area contributed by atoms with Gasteiger partial charge >= 0.3 is 0 Å². The molecule has 4 rings (SSSR count). The number of ether oxygens (including phenoxy) is 2. The van der Waals surface area contributed by atoms with Crippen LogP contribution in [0.15, 0.2) is 54.6 Å². The quantitative estimate of drug-likeness (QED) is 0.724. The smallest absolute Gasteiger partial charge is 0.262 e. The lowest BCUT2D eigenvalue weighted by Crippen LogP contribution is -2.25. The number of benzene rings is 3. The van der Waals surface area contributed by atoms with Gasteiger partial charge in [0.15, 0.2) is 6.61 Å². The Morgan fingerprint density at radius 2 is 1.89 bits per heavy atom. The molecule has 0 spiro atoms. The maximum absolute atomic E-state index is 12.7. The summed E-state index contributed by atoms with van der Waals surface area (Å²) >= 11 is 0. The summed E-state index contributed by atoms with van der Waals surface area (Å²) < 4.78 is 10.6. The van der Waals surface area contributed by atoms with Gasteiger partial charge in [0, 0.05) is 5.69 Å². The molecule has 6 heteroatoms. The lowest BCUT2D eigenvalue weighted by atomic mass is 9.97. The summed E-state index contributed by atoms with van der Waals surface area (Å²) in [6.45, 7) is 1.87. The van der Waals surface area contributed by atoms with Crippen LogP contribution < -0.4 is 20.1 Å². The van der Waals surface area contributed by atoms with Gasteiger partial charge in [0.05, 0.1) is 18.7 Å². The molecule has 0 unspecified atom stereocenters. The van der Waals surface area contributed by atoms with E-state index in [1.165, 1.54) is 0 Å². The molecule has 142 valence electrons. The van der Waals surface area contributed by atoms with Gasteiger partial charge in [-0.2, -0.15) is 0 Å². The third-order valence-corrected chi connectivity index (χ3v) is 4.84. The van der Waals surface area contributed by atoms with Crippen LogP contribution in [0.2, 0.25) is 0 Å². The van der Waals surface area contributed by atoms with Gasteiger partial charge in [0.2, 0.25) is 5.91 Å². The maximum atomic E-state index is 12.7. The van der Waals surface area contributed by atoms with Gasteiger partial charge in [-0.3, -0.25) is 9.59 Å². The van der Waals surface area contributed by atoms with E-state index in [0.717, 1.165) is 22.1 Å². The standard InChI is InChI=1S/C22H20N2O4/c1-13(14-3-4-16-10-18(27-2)7-5-15(16)9-14)22(26)23-17-6-8-20-19(11-17)24-21(25)12-28-20/h3-11,13H,12H2,1-2H3,(H,23,26)(H,24,25)/t13-/m0/s1. The van der Waals surface area contributed by atoms with E-state index in [1.54, 1.807) is 25.3 Å². The number of methoxy groups -OCH3 is 1. The van der Waals surface area contributed by atoms with E-state index in [9.17, 15) is 9.59 Å². The molecule has 2 N–H and O–H groups in total. The zero-order chi connectivity index (χ0) is 19.7. The van der Waals surface area contributed by atoms with Crippen LogP contribution in [0.25, 0.3) is 10.8 Å². The van der Waals surface area contributed by atoms with Crippen molar-refractivity contribution in [2.24, 2.45) is 0 Å². The number of fused-ring (bicyclic) bond motifs is 2. The van der Waals surface area contributed by atoms with E-state index in [0.29, 0.717) is 17.1 Å². The fraction of sp³-hybridized carbons (Fsp3) is 0.182. The van der Waals surface area contributed by atoms with Crippen LogP contribution >= 0.6 is 0 Å². The molecule has 1 heterocycles. The molecule has 1 atom stereocenters. The highest BCUT2D eigenvalue weighted by atomic mass is 16.5. The lowest BCUT2D eigenvalue weighted by molar-refractivity contribution is -0.118. The molecule has 0 aromatic heterocycles. The van der Waals surface area contributed by atoms with Crippen LogP contribution in [0.3, 0.4) is 0 Å². The topological polar surface area (TPSA) is 76.7 Å². The third kappa shape index (κ3) is 3.49. The van der Waals surface area contributed by atoms with Gasteiger partial charge < -0.3 is 20.1 Å². The lowest BCUT2D eigenvalue weighted by Gasteiger charge is -2.19. The van der Waals surface area contributed by atoms with Crippen molar-refractivity contribution in [1.82, 2.24) is 0 Å². The fourth-order valence-electron chi connectivity index (χ4n) is 3.20. The number of hydrogen-bond donors (Lipinski definition) is 2. The van der Waals surface area contributed by atoms with E-state index in [4.69, 9.17) is 9.47 Å². The molecule has 3 aromatic rings. The summed E-state index contributed by atoms with van der Waals surface area (Å²) in [6, 6.07) is 17.0. The zero-order valence-corrected chi connectivity index (χ0v) is 15.6. The van der Waals surface area contributed by atoms with Crippen molar-refractivity contribution in [3.63, 3.8) is 0 Å². The van der Waals surface area contributed by atoms with Crippen molar-refractivity contribution < 1.29 is 19.1 Å². The molecule has 0 saturated carbocycles. The highest BCUT2D eigenvalue weighted by molar-refractivity contribution is 5.99. The molecule has 0 bridgehead atoms. The van der Waals surface area contributed by atoms with Crippen molar-refractivity contribution in [3.05, 3.63) is 60.2 Å². The average Bonchev–Trinajstić information content (AvgIpc) is 2.72. The Labute approximate surface area is 162 Å². The molecule has 0 fully saturated rings. The first-order chi connectivity index (χ1) is 13.5. The van der Waals surface area contributed by atoms with Gasteiger partial charge in [-0.15, -0.1) is 0 Å². The number of rotatable bonds is 4. The molecule has 6 nitrogen and oxygen atoms in total. The molecule has 0 saturated heterocycles. The molecule has 28 heavy (non-hydrogen) atoms. The first-order valence-electron chi connectivity index (χ1n) is 8.99. The van der Waals surface area contributed by atoms with Gasteiger partial charge in [-0.05, 0) is 53.6 Å². The van der Waals surface area contributed by atoms with E-state index in [-0.39, 0.29) is 24.3 Å². The Morgan fingerprint density at radius 3 is 2.71 bits per heavy atom. The van der Waals surface area contributed by atoms with Crippen molar-refractivity contribution in [3.8, 4) is 11.5 Å². The summed E-state index contributed by atoms with van der Waals surface area (Å²) in [4.78, 5) is 24.2. The van der Waals surface area contributed by atoms with E-state index in [2.05, 4.69) is 10.6 Å². The monoisotopic (exact) mass is 376 g/mol. The minimum atomic E-state index is -0.339. The summed E-state index contributed by atoms with van der Waals surface area (Å²) in [7, 11) is 1.64. The molecular weight excluding hydrogens is 356 g/mol. The van der Waals surface area contributed by atoms with Crippen LogP contribution in [0.5, 0.6) is 11.5 Å². The van der Waals surface area contributed by atoms with Gasteiger partial charge in [0.25, 0.3) is 5.91 Å². The predicted octanol–water partition coefficient (Wildman–Crippen LogP) is 3.92. The number of carbonyl (C=O) groups excluding carboxylic acids is 2. The number of carbonyl (C=O) groups is 2. The largest absolute Gasteiger partial charge is 0.497 e. The summed E-state index contributed by atoms with van der Waals surface area (Å²) in [5.74, 6) is 0.714. The number of anilines is 2. The maximum Gasteiger partial charge on any atom is 0.262 e. The minimum Gasteiger partial charge on any atom is -0.497 e. The Kier molecular flexibility index (Phi) is 4.61. The first-order valence-corrected chi connectivity index (χ1v) is 8.99. The van der Waals surface area contributed by atoms with E-state index >= 15 is 0 Å². The van der Waals surface area contributed by atoms with Crippen molar-refractivity contribution in [2.75, 3.05) is 24.4 Å². The van der Waals surface area contributed by atoms with Crippen LogP contribution in [-0.2, 0) is 9.59 Å². The SMILES string of the molecule is COc1ccc2cc([C@H](C)C(=O)Nc3ccc4c(c3)NC(=O)CO4)ccc2c1. The number of amides is 2. The van der Waals surface area contributed by atoms with Gasteiger partial charge in [-0.1, -0.05) is 24.3 Å². The first kappa shape index (κ1) is 17.9. The predicted molar refractivity (Wildman–Crippen MR) is 108 cm³/mol. The van der Waals surface area contributed by atoms with Gasteiger partial charge in [-0.25, -0.2) is 0 Å². The Bertz CT molecular complexity index is 1080. The third-order valence-electron chi connectivity index (χ3n) is 4.84.